The van der Waals surface area contributed by atoms with Gasteiger partial charge in [-0.2, -0.15) is 0 Å². The van der Waals surface area contributed by atoms with Crippen molar-refractivity contribution in [2.24, 2.45) is 11.8 Å². The third kappa shape index (κ3) is 3.90. The van der Waals surface area contributed by atoms with Crippen molar-refractivity contribution in [3.8, 4) is 0 Å². The van der Waals surface area contributed by atoms with E-state index in [0.717, 1.165) is 12.0 Å². The highest BCUT2D eigenvalue weighted by molar-refractivity contribution is 5.99. The van der Waals surface area contributed by atoms with Crippen molar-refractivity contribution in [3.05, 3.63) is 35.9 Å². The van der Waals surface area contributed by atoms with Crippen molar-refractivity contribution in [1.29, 1.82) is 0 Å². The van der Waals surface area contributed by atoms with Crippen molar-refractivity contribution < 1.29 is 24.2 Å². The van der Waals surface area contributed by atoms with Crippen molar-refractivity contribution in [2.45, 2.75) is 82.7 Å². The second-order valence-corrected chi connectivity index (χ2v) is 10.5. The highest BCUT2D eigenvalue weighted by Gasteiger charge is 2.78. The van der Waals surface area contributed by atoms with Crippen LogP contribution in [0, 0.1) is 11.8 Å². The number of likely N-dealkylation sites (tertiary alicyclic amines) is 1. The molecule has 0 saturated carbocycles. The predicted molar refractivity (Wildman–Crippen MR) is 127 cm³/mol. The third-order valence-electron chi connectivity index (χ3n) is 7.64. The number of carbonyl (C=O) groups excluding carboxylic acids is 3. The third-order valence-corrected chi connectivity index (χ3v) is 7.64. The van der Waals surface area contributed by atoms with Gasteiger partial charge in [0.05, 0.1) is 30.1 Å². The van der Waals surface area contributed by atoms with E-state index in [9.17, 15) is 19.5 Å². The van der Waals surface area contributed by atoms with E-state index in [-0.39, 0.29) is 30.4 Å². The molecule has 0 aliphatic carbocycles. The number of nitrogens with one attached hydrogen (secondary N) is 2. The standard InChI is InChI=1S/C26H37N3O5/c1-5-13-27-22(31)19-20-24(33)29(18(15-30)14-17-9-7-6-8-10-17)21(23(32)28-16(2)3)26(20)12-11-25(19,4)34-26/h6-10,16,18-21,30H,5,11-15H2,1-4H3,(H,27,31)(H,28,32)/t18-,19-,20+,21?,25+,26?/m1/s1. The van der Waals surface area contributed by atoms with Crippen LogP contribution in [-0.2, 0) is 25.5 Å². The van der Waals surface area contributed by atoms with Crippen LogP contribution in [0.1, 0.15) is 52.5 Å². The van der Waals surface area contributed by atoms with Gasteiger partial charge < -0.3 is 25.4 Å². The molecule has 1 spiro atoms. The lowest BCUT2D eigenvalue weighted by Gasteiger charge is -2.37. The number of aliphatic hydroxyl groups excluding tert-OH is 1. The van der Waals surface area contributed by atoms with Crippen LogP contribution >= 0.6 is 0 Å². The van der Waals surface area contributed by atoms with Crippen LogP contribution in [0.5, 0.6) is 0 Å². The van der Waals surface area contributed by atoms with Crippen LogP contribution in [0.2, 0.25) is 0 Å². The number of benzene rings is 1. The molecule has 3 saturated heterocycles. The van der Waals surface area contributed by atoms with Crippen LogP contribution in [0.25, 0.3) is 0 Å². The summed E-state index contributed by atoms with van der Waals surface area (Å²) >= 11 is 0. The highest BCUT2D eigenvalue weighted by Crippen LogP contribution is 2.63. The molecule has 3 aliphatic rings. The van der Waals surface area contributed by atoms with E-state index >= 15 is 0 Å². The van der Waals surface area contributed by atoms with E-state index in [0.29, 0.717) is 25.8 Å². The molecule has 0 aromatic heterocycles. The minimum Gasteiger partial charge on any atom is -0.394 e. The number of carbonyl (C=O) groups is 3. The van der Waals surface area contributed by atoms with Crippen LogP contribution in [0.15, 0.2) is 30.3 Å². The lowest BCUT2D eigenvalue weighted by Crippen LogP contribution is -2.59. The fraction of sp³-hybridized carbons (Fsp3) is 0.654. The molecular formula is C26H37N3O5. The SMILES string of the molecule is CCCNC(=O)[C@H]1[C@H]2C(=O)N([C@@H](CO)Cc3ccccc3)C(C(=O)NC(C)C)C23CC[C@]1(C)O3. The summed E-state index contributed by atoms with van der Waals surface area (Å²) in [5, 5.41) is 16.3. The Morgan fingerprint density at radius 3 is 2.53 bits per heavy atom. The van der Waals surface area contributed by atoms with Gasteiger partial charge in [-0.1, -0.05) is 37.3 Å². The average Bonchev–Trinajstić information content (AvgIpc) is 3.37. The zero-order valence-corrected chi connectivity index (χ0v) is 20.5. The topological polar surface area (TPSA) is 108 Å². The van der Waals surface area contributed by atoms with Gasteiger partial charge in [-0.05, 0) is 52.0 Å². The first-order valence-corrected chi connectivity index (χ1v) is 12.4. The van der Waals surface area contributed by atoms with Gasteiger partial charge in [0.1, 0.15) is 11.6 Å². The monoisotopic (exact) mass is 471 g/mol. The first-order chi connectivity index (χ1) is 16.2. The molecule has 0 radical (unpaired) electrons. The Morgan fingerprint density at radius 2 is 1.91 bits per heavy atom. The molecule has 34 heavy (non-hydrogen) atoms. The zero-order valence-electron chi connectivity index (χ0n) is 20.5. The zero-order chi connectivity index (χ0) is 24.7. The van der Waals surface area contributed by atoms with Gasteiger partial charge in [-0.3, -0.25) is 14.4 Å². The molecule has 3 amide bonds. The lowest BCUT2D eigenvalue weighted by atomic mass is 9.66. The average molecular weight is 472 g/mol. The molecule has 6 atom stereocenters. The Labute approximate surface area is 201 Å². The largest absolute Gasteiger partial charge is 0.394 e. The van der Waals surface area contributed by atoms with Crippen molar-refractivity contribution in [1.82, 2.24) is 15.5 Å². The van der Waals surface area contributed by atoms with Crippen molar-refractivity contribution in [2.75, 3.05) is 13.2 Å². The Balaban J connectivity index is 1.75. The van der Waals surface area contributed by atoms with Crippen LogP contribution < -0.4 is 10.6 Å². The minimum atomic E-state index is -1.08. The predicted octanol–water partition coefficient (Wildman–Crippen LogP) is 1.41. The summed E-state index contributed by atoms with van der Waals surface area (Å²) in [6, 6.07) is 7.97. The summed E-state index contributed by atoms with van der Waals surface area (Å²) in [6.45, 7) is 7.84. The van der Waals surface area contributed by atoms with E-state index < -0.39 is 35.1 Å². The van der Waals surface area contributed by atoms with Gasteiger partial charge in [-0.15, -0.1) is 0 Å². The molecule has 8 heteroatoms. The number of fused-ring (bicyclic) bond motifs is 1. The van der Waals surface area contributed by atoms with Crippen LogP contribution in [0.4, 0.5) is 0 Å². The summed E-state index contributed by atoms with van der Waals surface area (Å²) in [7, 11) is 0. The van der Waals surface area contributed by atoms with E-state index in [1.54, 1.807) is 0 Å². The van der Waals surface area contributed by atoms with Crippen LogP contribution in [0.3, 0.4) is 0 Å². The number of hydrogen-bond acceptors (Lipinski definition) is 5. The molecule has 186 valence electrons. The summed E-state index contributed by atoms with van der Waals surface area (Å²) < 4.78 is 6.58. The maximum Gasteiger partial charge on any atom is 0.246 e. The summed E-state index contributed by atoms with van der Waals surface area (Å²) in [6.07, 6.45) is 2.31. The maximum atomic E-state index is 14.1. The smallest absolute Gasteiger partial charge is 0.246 e. The molecule has 4 rings (SSSR count). The van der Waals surface area contributed by atoms with Gasteiger partial charge >= 0.3 is 0 Å². The Bertz CT molecular complexity index is 938. The quantitative estimate of drug-likeness (QED) is 0.505. The number of rotatable bonds is 9. The van der Waals surface area contributed by atoms with E-state index in [4.69, 9.17) is 4.74 Å². The molecule has 3 N–H and O–H groups in total. The molecule has 1 aromatic rings. The minimum absolute atomic E-state index is 0.126. The molecule has 3 aliphatic heterocycles. The Hall–Kier alpha value is -2.45. The fourth-order valence-electron chi connectivity index (χ4n) is 6.32. The van der Waals surface area contributed by atoms with Gasteiger partial charge in [0.2, 0.25) is 17.7 Å². The first-order valence-electron chi connectivity index (χ1n) is 12.4. The van der Waals surface area contributed by atoms with Crippen molar-refractivity contribution >= 4 is 17.7 Å². The lowest BCUT2D eigenvalue weighted by molar-refractivity contribution is -0.149. The summed E-state index contributed by atoms with van der Waals surface area (Å²) in [4.78, 5) is 42.5. The van der Waals surface area contributed by atoms with Crippen LogP contribution in [-0.4, -0.2) is 70.2 Å². The molecule has 2 unspecified atom stereocenters. The summed E-state index contributed by atoms with van der Waals surface area (Å²) in [5.41, 5.74) is -0.918. The number of ether oxygens (including phenoxy) is 1. The molecule has 3 heterocycles. The second-order valence-electron chi connectivity index (χ2n) is 10.5. The van der Waals surface area contributed by atoms with E-state index in [1.807, 2.05) is 58.0 Å². The van der Waals surface area contributed by atoms with E-state index in [2.05, 4.69) is 10.6 Å². The van der Waals surface area contributed by atoms with Crippen molar-refractivity contribution in [3.63, 3.8) is 0 Å². The number of amides is 3. The highest BCUT2D eigenvalue weighted by atomic mass is 16.5. The normalized spacial score (nSPS) is 32.7. The Kier molecular flexibility index (Phi) is 6.75. The van der Waals surface area contributed by atoms with Gasteiger partial charge in [-0.25, -0.2) is 0 Å². The molecule has 3 fully saturated rings. The number of aliphatic hydroxyl groups is 1. The van der Waals surface area contributed by atoms with Gasteiger partial charge in [0, 0.05) is 12.6 Å². The van der Waals surface area contributed by atoms with Gasteiger partial charge in [0.25, 0.3) is 0 Å². The fourth-order valence-corrected chi connectivity index (χ4v) is 6.32. The number of nitrogens with zero attached hydrogens (tertiary/aromatic N) is 1. The first kappa shape index (κ1) is 24.7. The summed E-state index contributed by atoms with van der Waals surface area (Å²) in [5.74, 6) is -2.19. The second kappa shape index (κ2) is 9.30. The molecule has 1 aromatic carbocycles. The maximum absolute atomic E-state index is 14.1. The molecular weight excluding hydrogens is 434 g/mol. The number of hydrogen-bond donors (Lipinski definition) is 3. The Morgan fingerprint density at radius 1 is 1.21 bits per heavy atom. The van der Waals surface area contributed by atoms with Gasteiger partial charge in [0.15, 0.2) is 0 Å². The molecule has 8 nitrogen and oxygen atoms in total. The molecule has 2 bridgehead atoms. The van der Waals surface area contributed by atoms with E-state index in [1.165, 1.54) is 4.90 Å².